The molecule has 23 heavy (non-hydrogen) atoms. The first-order valence-electron chi connectivity index (χ1n) is 7.48. The van der Waals surface area contributed by atoms with E-state index in [4.69, 9.17) is 4.74 Å². The fourth-order valence-electron chi connectivity index (χ4n) is 2.22. The van der Waals surface area contributed by atoms with E-state index < -0.39 is 6.04 Å². The molecule has 0 aliphatic carbocycles. The van der Waals surface area contributed by atoms with Crippen molar-refractivity contribution < 1.29 is 9.53 Å². The highest BCUT2D eigenvalue weighted by Gasteiger charge is 2.19. The topological polar surface area (TPSA) is 64.4 Å². The lowest BCUT2D eigenvalue weighted by molar-refractivity contribution is -0.132. The van der Waals surface area contributed by atoms with Gasteiger partial charge in [0.2, 0.25) is 5.91 Å². The Kier molecular flexibility index (Phi) is 5.16. The van der Waals surface area contributed by atoms with E-state index in [1.54, 1.807) is 27.1 Å². The Morgan fingerprint density at radius 2 is 1.87 bits per heavy atom. The summed E-state index contributed by atoms with van der Waals surface area (Å²) < 4.78 is 6.63. The number of benzene rings is 1. The predicted octanol–water partition coefficient (Wildman–Crippen LogP) is 1.96. The van der Waals surface area contributed by atoms with Crippen LogP contribution in [-0.2, 0) is 4.79 Å². The van der Waals surface area contributed by atoms with Crippen molar-refractivity contribution in [3.63, 3.8) is 0 Å². The van der Waals surface area contributed by atoms with E-state index >= 15 is 0 Å². The molecule has 0 N–H and O–H groups in total. The van der Waals surface area contributed by atoms with Crippen molar-refractivity contribution in [3.05, 3.63) is 46.8 Å². The number of hydrogen-bond donors (Lipinski definition) is 0. The van der Waals surface area contributed by atoms with Crippen molar-refractivity contribution in [1.82, 2.24) is 14.7 Å². The molecule has 1 atom stereocenters. The first-order valence-corrected chi connectivity index (χ1v) is 7.48. The number of ether oxygens (including phenoxy) is 1. The molecule has 6 nitrogen and oxygen atoms in total. The second-order valence-corrected chi connectivity index (χ2v) is 5.37. The summed E-state index contributed by atoms with van der Waals surface area (Å²) >= 11 is 0. The first-order chi connectivity index (χ1) is 10.9. The molecule has 2 aromatic rings. The number of carbonyl (C=O) groups is 1. The maximum Gasteiger partial charge on any atom is 0.267 e. The number of hydrogen-bond acceptors (Lipinski definition) is 4. The molecule has 1 amide bonds. The Morgan fingerprint density at radius 1 is 1.22 bits per heavy atom. The van der Waals surface area contributed by atoms with Gasteiger partial charge in [-0.1, -0.05) is 0 Å². The van der Waals surface area contributed by atoms with E-state index in [-0.39, 0.29) is 11.5 Å². The van der Waals surface area contributed by atoms with Gasteiger partial charge < -0.3 is 9.64 Å². The molecule has 1 heterocycles. The zero-order chi connectivity index (χ0) is 17.0. The number of nitrogens with zero attached hydrogens (tertiary/aromatic N) is 3. The third-order valence-corrected chi connectivity index (χ3v) is 3.45. The quantitative estimate of drug-likeness (QED) is 0.846. The summed E-state index contributed by atoms with van der Waals surface area (Å²) in [6, 6.07) is 9.88. The standard InChI is InChI=1S/C17H21N3O3/c1-5-23-14-8-6-13(7-9-14)15-10-11-16(21)20(18-15)12(2)17(22)19(3)4/h6-12H,5H2,1-4H3. The van der Waals surface area contributed by atoms with Crippen LogP contribution < -0.4 is 10.3 Å². The summed E-state index contributed by atoms with van der Waals surface area (Å²) in [5.41, 5.74) is 1.18. The Morgan fingerprint density at radius 3 is 2.43 bits per heavy atom. The third kappa shape index (κ3) is 3.77. The van der Waals surface area contributed by atoms with Crippen LogP contribution in [-0.4, -0.2) is 41.3 Å². The van der Waals surface area contributed by atoms with Gasteiger partial charge in [-0.3, -0.25) is 9.59 Å². The molecule has 0 fully saturated rings. The van der Waals surface area contributed by atoms with Gasteiger partial charge in [0, 0.05) is 25.7 Å². The molecule has 0 bridgehead atoms. The van der Waals surface area contributed by atoms with Gasteiger partial charge in [0.1, 0.15) is 11.8 Å². The van der Waals surface area contributed by atoms with Crippen LogP contribution in [0.1, 0.15) is 19.9 Å². The van der Waals surface area contributed by atoms with Gasteiger partial charge in [0.05, 0.1) is 12.3 Å². The minimum Gasteiger partial charge on any atom is -0.494 e. The Labute approximate surface area is 135 Å². The zero-order valence-electron chi connectivity index (χ0n) is 13.8. The van der Waals surface area contributed by atoms with Crippen molar-refractivity contribution in [2.75, 3.05) is 20.7 Å². The van der Waals surface area contributed by atoms with Crippen LogP contribution in [0.2, 0.25) is 0 Å². The molecular weight excluding hydrogens is 294 g/mol. The average Bonchev–Trinajstić information content (AvgIpc) is 2.55. The number of amides is 1. The van der Waals surface area contributed by atoms with Crippen LogP contribution >= 0.6 is 0 Å². The van der Waals surface area contributed by atoms with Crippen molar-refractivity contribution >= 4 is 5.91 Å². The maximum absolute atomic E-state index is 12.1. The van der Waals surface area contributed by atoms with Gasteiger partial charge >= 0.3 is 0 Å². The molecule has 0 saturated carbocycles. The van der Waals surface area contributed by atoms with Gasteiger partial charge in [0.25, 0.3) is 5.56 Å². The number of carbonyl (C=O) groups excluding carboxylic acids is 1. The summed E-state index contributed by atoms with van der Waals surface area (Å²) in [6.45, 7) is 4.19. The highest BCUT2D eigenvalue weighted by Crippen LogP contribution is 2.20. The molecule has 6 heteroatoms. The van der Waals surface area contributed by atoms with Crippen LogP contribution in [0.4, 0.5) is 0 Å². The highest BCUT2D eigenvalue weighted by molar-refractivity contribution is 5.79. The number of aromatic nitrogens is 2. The molecule has 1 aromatic heterocycles. The van der Waals surface area contributed by atoms with Gasteiger partial charge in [-0.25, -0.2) is 4.68 Å². The molecule has 0 aliphatic heterocycles. The van der Waals surface area contributed by atoms with Crippen LogP contribution in [0.25, 0.3) is 11.3 Å². The van der Waals surface area contributed by atoms with E-state index in [9.17, 15) is 9.59 Å². The third-order valence-electron chi connectivity index (χ3n) is 3.45. The lowest BCUT2D eigenvalue weighted by atomic mass is 10.1. The highest BCUT2D eigenvalue weighted by atomic mass is 16.5. The number of likely N-dealkylation sites (N-methyl/N-ethyl adjacent to an activating group) is 1. The molecule has 1 unspecified atom stereocenters. The van der Waals surface area contributed by atoms with Gasteiger partial charge in [-0.15, -0.1) is 0 Å². The summed E-state index contributed by atoms with van der Waals surface area (Å²) in [6.07, 6.45) is 0. The average molecular weight is 315 g/mol. The Balaban J connectivity index is 2.36. The Hall–Kier alpha value is -2.63. The summed E-state index contributed by atoms with van der Waals surface area (Å²) in [4.78, 5) is 25.5. The lowest BCUT2D eigenvalue weighted by Gasteiger charge is -2.18. The summed E-state index contributed by atoms with van der Waals surface area (Å²) in [5, 5.41) is 4.34. The van der Waals surface area contributed by atoms with E-state index in [1.807, 2.05) is 31.2 Å². The molecule has 122 valence electrons. The molecular formula is C17H21N3O3. The minimum absolute atomic E-state index is 0.177. The largest absolute Gasteiger partial charge is 0.494 e. The molecule has 2 rings (SSSR count). The summed E-state index contributed by atoms with van der Waals surface area (Å²) in [5.74, 6) is 0.601. The maximum atomic E-state index is 12.1. The molecule has 0 spiro atoms. The van der Waals surface area contributed by atoms with Gasteiger partial charge in [-0.2, -0.15) is 5.10 Å². The predicted molar refractivity (Wildman–Crippen MR) is 88.5 cm³/mol. The first kappa shape index (κ1) is 16.7. The fraction of sp³-hybridized carbons (Fsp3) is 0.353. The monoisotopic (exact) mass is 315 g/mol. The van der Waals surface area contributed by atoms with Crippen LogP contribution in [0.15, 0.2) is 41.2 Å². The van der Waals surface area contributed by atoms with Crippen molar-refractivity contribution in [1.29, 1.82) is 0 Å². The van der Waals surface area contributed by atoms with Crippen LogP contribution in [0.3, 0.4) is 0 Å². The second-order valence-electron chi connectivity index (χ2n) is 5.37. The zero-order valence-corrected chi connectivity index (χ0v) is 13.8. The smallest absolute Gasteiger partial charge is 0.267 e. The molecule has 0 saturated heterocycles. The van der Waals surface area contributed by atoms with Crippen LogP contribution in [0, 0.1) is 0 Å². The minimum atomic E-state index is -0.653. The molecule has 0 radical (unpaired) electrons. The molecule has 1 aromatic carbocycles. The van der Waals surface area contributed by atoms with Gasteiger partial charge in [0.15, 0.2) is 0 Å². The van der Waals surface area contributed by atoms with Crippen molar-refractivity contribution in [3.8, 4) is 17.0 Å². The van der Waals surface area contributed by atoms with E-state index in [2.05, 4.69) is 5.10 Å². The summed E-state index contributed by atoms with van der Waals surface area (Å²) in [7, 11) is 3.31. The number of rotatable bonds is 5. The fourth-order valence-corrected chi connectivity index (χ4v) is 2.22. The van der Waals surface area contributed by atoms with E-state index in [0.29, 0.717) is 12.3 Å². The second kappa shape index (κ2) is 7.09. The lowest BCUT2D eigenvalue weighted by Crippen LogP contribution is -2.36. The Bertz CT molecular complexity index is 735. The SMILES string of the molecule is CCOc1ccc(-c2ccc(=O)n(C(C)C(=O)N(C)C)n2)cc1. The van der Waals surface area contributed by atoms with Crippen LogP contribution in [0.5, 0.6) is 5.75 Å². The molecule has 0 aliphatic rings. The van der Waals surface area contributed by atoms with Crippen molar-refractivity contribution in [2.24, 2.45) is 0 Å². The van der Waals surface area contributed by atoms with Gasteiger partial charge in [-0.05, 0) is 44.2 Å². The van der Waals surface area contributed by atoms with E-state index in [1.165, 1.54) is 15.6 Å². The normalized spacial score (nSPS) is 11.8. The van der Waals surface area contributed by atoms with Crippen molar-refractivity contribution in [2.45, 2.75) is 19.9 Å². The van der Waals surface area contributed by atoms with E-state index in [0.717, 1.165) is 11.3 Å².